The Hall–Kier alpha value is -1.06. The molecule has 76 valence electrons. The van der Waals surface area contributed by atoms with Gasteiger partial charge in [0.2, 0.25) is 5.96 Å². The van der Waals surface area contributed by atoms with E-state index in [0.29, 0.717) is 5.92 Å². The first-order chi connectivity index (χ1) is 6.20. The number of hydrogen-bond acceptors (Lipinski definition) is 2. The average Bonchev–Trinajstić information content (AvgIpc) is 2.10. The van der Waals surface area contributed by atoms with Crippen LogP contribution in [0.15, 0.2) is 10.2 Å². The summed E-state index contributed by atoms with van der Waals surface area (Å²) in [4.78, 5) is 0. The lowest BCUT2D eigenvalue weighted by Gasteiger charge is -2.06. The first-order valence-corrected chi connectivity index (χ1v) is 4.82. The summed E-state index contributed by atoms with van der Waals surface area (Å²) in [6, 6.07) is 0. The normalized spacial score (nSPS) is 13.1. The van der Waals surface area contributed by atoms with Crippen molar-refractivity contribution in [2.75, 3.05) is 0 Å². The Balaban J connectivity index is 3.82. The summed E-state index contributed by atoms with van der Waals surface area (Å²) in [7, 11) is 0. The van der Waals surface area contributed by atoms with Crippen LogP contribution in [0, 0.1) is 5.92 Å². The van der Waals surface area contributed by atoms with E-state index in [2.05, 4.69) is 24.1 Å². The first kappa shape index (κ1) is 11.9. The minimum Gasteiger partial charge on any atom is -0.369 e. The van der Waals surface area contributed by atoms with E-state index in [1.54, 1.807) is 0 Å². The minimum atomic E-state index is 0.0154. The highest BCUT2D eigenvalue weighted by Gasteiger charge is 2.00. The molecule has 0 aromatic carbocycles. The second-order valence-electron chi connectivity index (χ2n) is 3.10. The molecule has 0 bridgehead atoms. The number of hydrogen-bond donors (Lipinski definition) is 2. The monoisotopic (exact) mass is 184 g/mol. The maximum Gasteiger partial charge on any atom is 0.211 e. The van der Waals surface area contributed by atoms with Gasteiger partial charge in [-0.05, 0) is 18.8 Å². The smallest absolute Gasteiger partial charge is 0.211 e. The maximum absolute atomic E-state index is 5.13. The van der Waals surface area contributed by atoms with Crippen LogP contribution in [0.2, 0.25) is 0 Å². The SMILES string of the molecule is CCCCC(/C=N/N=C(N)N)CC. The summed E-state index contributed by atoms with van der Waals surface area (Å²) < 4.78 is 0. The molecule has 4 heteroatoms. The van der Waals surface area contributed by atoms with E-state index in [4.69, 9.17) is 11.5 Å². The Labute approximate surface area is 80.1 Å². The van der Waals surface area contributed by atoms with Crippen molar-refractivity contribution in [2.45, 2.75) is 39.5 Å². The van der Waals surface area contributed by atoms with Crippen molar-refractivity contribution in [3.05, 3.63) is 0 Å². The summed E-state index contributed by atoms with van der Waals surface area (Å²) in [5.74, 6) is 0.518. The van der Waals surface area contributed by atoms with Gasteiger partial charge < -0.3 is 11.5 Å². The van der Waals surface area contributed by atoms with Crippen LogP contribution in [-0.4, -0.2) is 12.2 Å². The molecule has 0 aromatic heterocycles. The number of nitrogens with two attached hydrogens (primary N) is 2. The molecule has 0 aliphatic heterocycles. The molecule has 0 aliphatic rings. The van der Waals surface area contributed by atoms with Crippen molar-refractivity contribution in [3.8, 4) is 0 Å². The van der Waals surface area contributed by atoms with Crippen LogP contribution in [0.3, 0.4) is 0 Å². The fraction of sp³-hybridized carbons (Fsp3) is 0.778. The number of nitrogens with zero attached hydrogens (tertiary/aromatic N) is 2. The van der Waals surface area contributed by atoms with Gasteiger partial charge in [0.25, 0.3) is 0 Å². The van der Waals surface area contributed by atoms with Gasteiger partial charge in [0.15, 0.2) is 0 Å². The lowest BCUT2D eigenvalue weighted by atomic mass is 10.0. The van der Waals surface area contributed by atoms with E-state index in [9.17, 15) is 0 Å². The molecule has 0 heterocycles. The van der Waals surface area contributed by atoms with Crippen molar-refractivity contribution < 1.29 is 0 Å². The Kier molecular flexibility index (Phi) is 6.96. The molecule has 0 saturated heterocycles. The molecular formula is C9H20N4. The quantitative estimate of drug-likeness (QED) is 0.372. The molecule has 1 atom stereocenters. The molecule has 0 aromatic rings. The molecular weight excluding hydrogens is 164 g/mol. The fourth-order valence-corrected chi connectivity index (χ4v) is 1.04. The van der Waals surface area contributed by atoms with E-state index in [1.807, 2.05) is 6.21 Å². The van der Waals surface area contributed by atoms with Crippen molar-refractivity contribution in [1.29, 1.82) is 0 Å². The highest BCUT2D eigenvalue weighted by molar-refractivity contribution is 5.76. The molecule has 0 saturated carbocycles. The molecule has 0 fully saturated rings. The maximum atomic E-state index is 5.13. The zero-order chi connectivity index (χ0) is 10.1. The van der Waals surface area contributed by atoms with Gasteiger partial charge in [-0.1, -0.05) is 26.7 Å². The highest BCUT2D eigenvalue weighted by Crippen LogP contribution is 2.09. The van der Waals surface area contributed by atoms with E-state index in [-0.39, 0.29) is 5.96 Å². The van der Waals surface area contributed by atoms with Gasteiger partial charge in [-0.25, -0.2) is 0 Å². The van der Waals surface area contributed by atoms with Gasteiger partial charge >= 0.3 is 0 Å². The minimum absolute atomic E-state index is 0.0154. The lowest BCUT2D eigenvalue weighted by molar-refractivity contribution is 0.575. The zero-order valence-electron chi connectivity index (χ0n) is 8.53. The van der Waals surface area contributed by atoms with Crippen LogP contribution in [0.5, 0.6) is 0 Å². The van der Waals surface area contributed by atoms with Gasteiger partial charge in [-0.15, -0.1) is 5.10 Å². The van der Waals surface area contributed by atoms with Crippen LogP contribution in [-0.2, 0) is 0 Å². The van der Waals surface area contributed by atoms with E-state index in [1.165, 1.54) is 12.8 Å². The molecule has 0 rings (SSSR count). The van der Waals surface area contributed by atoms with Gasteiger partial charge in [0.05, 0.1) is 0 Å². The molecule has 0 amide bonds. The highest BCUT2D eigenvalue weighted by atomic mass is 15.3. The molecule has 4 N–H and O–H groups in total. The summed E-state index contributed by atoms with van der Waals surface area (Å²) >= 11 is 0. The zero-order valence-corrected chi connectivity index (χ0v) is 8.53. The largest absolute Gasteiger partial charge is 0.369 e. The topological polar surface area (TPSA) is 76.8 Å². The predicted molar refractivity (Wildman–Crippen MR) is 57.6 cm³/mol. The van der Waals surface area contributed by atoms with Crippen LogP contribution < -0.4 is 11.5 Å². The summed E-state index contributed by atoms with van der Waals surface area (Å²) in [5.41, 5.74) is 10.3. The molecule has 4 nitrogen and oxygen atoms in total. The average molecular weight is 184 g/mol. The number of unbranched alkanes of at least 4 members (excludes halogenated alkanes) is 1. The Morgan fingerprint density at radius 3 is 2.54 bits per heavy atom. The molecule has 0 aliphatic carbocycles. The van der Waals surface area contributed by atoms with E-state index < -0.39 is 0 Å². The third kappa shape index (κ3) is 7.31. The van der Waals surface area contributed by atoms with Gasteiger partial charge in [-0.2, -0.15) is 5.10 Å². The molecule has 13 heavy (non-hydrogen) atoms. The van der Waals surface area contributed by atoms with Crippen molar-refractivity contribution in [3.63, 3.8) is 0 Å². The van der Waals surface area contributed by atoms with E-state index in [0.717, 1.165) is 12.8 Å². The second kappa shape index (κ2) is 7.58. The third-order valence-electron chi connectivity index (χ3n) is 1.90. The Morgan fingerprint density at radius 2 is 2.08 bits per heavy atom. The van der Waals surface area contributed by atoms with Gasteiger partial charge in [-0.3, -0.25) is 0 Å². The van der Waals surface area contributed by atoms with Crippen molar-refractivity contribution in [1.82, 2.24) is 0 Å². The number of rotatable bonds is 6. The Bertz CT molecular complexity index is 170. The predicted octanol–water partition coefficient (Wildman–Crippen LogP) is 1.46. The van der Waals surface area contributed by atoms with E-state index >= 15 is 0 Å². The first-order valence-electron chi connectivity index (χ1n) is 4.82. The number of guanidine groups is 1. The third-order valence-corrected chi connectivity index (χ3v) is 1.90. The molecule has 0 spiro atoms. The van der Waals surface area contributed by atoms with Crippen molar-refractivity contribution in [2.24, 2.45) is 27.6 Å². The van der Waals surface area contributed by atoms with Crippen LogP contribution in [0.1, 0.15) is 39.5 Å². The standard InChI is InChI=1S/C9H20N4/c1-3-5-6-8(4-2)7-12-13-9(10)11/h7-8H,3-6H2,1-2H3,(H4,10,11,13)/b12-7+. The van der Waals surface area contributed by atoms with Crippen LogP contribution >= 0.6 is 0 Å². The summed E-state index contributed by atoms with van der Waals surface area (Å²) in [5, 5.41) is 7.37. The lowest BCUT2D eigenvalue weighted by Crippen LogP contribution is -2.21. The fourth-order valence-electron chi connectivity index (χ4n) is 1.04. The molecule has 0 radical (unpaired) electrons. The van der Waals surface area contributed by atoms with Crippen LogP contribution in [0.25, 0.3) is 0 Å². The van der Waals surface area contributed by atoms with Crippen LogP contribution in [0.4, 0.5) is 0 Å². The summed E-state index contributed by atoms with van der Waals surface area (Å²) in [6.07, 6.45) is 6.52. The molecule has 1 unspecified atom stereocenters. The van der Waals surface area contributed by atoms with Gasteiger partial charge in [0.1, 0.15) is 0 Å². The second-order valence-corrected chi connectivity index (χ2v) is 3.10. The van der Waals surface area contributed by atoms with Crippen molar-refractivity contribution >= 4 is 12.2 Å². The summed E-state index contributed by atoms with van der Waals surface area (Å²) in [6.45, 7) is 4.32. The Morgan fingerprint density at radius 1 is 1.38 bits per heavy atom. The van der Waals surface area contributed by atoms with Gasteiger partial charge in [0, 0.05) is 6.21 Å².